The minimum absolute atomic E-state index is 0.00359. The van der Waals surface area contributed by atoms with E-state index in [0.29, 0.717) is 29.2 Å². The molecule has 2 aliphatic heterocycles. The van der Waals surface area contributed by atoms with Crippen LogP contribution in [0.2, 0.25) is 0 Å². The molecular weight excluding hydrogens is 628 g/mol. The van der Waals surface area contributed by atoms with Gasteiger partial charge in [-0.25, -0.2) is 18.7 Å². The van der Waals surface area contributed by atoms with Gasteiger partial charge in [0.05, 0.1) is 24.6 Å². The fourth-order valence-electron chi connectivity index (χ4n) is 8.06. The Hall–Kier alpha value is -3.42. The van der Waals surface area contributed by atoms with Crippen LogP contribution >= 0.6 is 0 Å². The summed E-state index contributed by atoms with van der Waals surface area (Å²) in [6, 6.07) is 3.72. The van der Waals surface area contributed by atoms with Crippen molar-refractivity contribution in [1.82, 2.24) is 34.2 Å². The number of fused-ring (bicyclic) bond motifs is 1. The summed E-state index contributed by atoms with van der Waals surface area (Å²) in [4.78, 5) is 34.5. The first-order chi connectivity index (χ1) is 23.9. The van der Waals surface area contributed by atoms with E-state index in [1.807, 2.05) is 9.47 Å². The molecule has 49 heavy (non-hydrogen) atoms. The standard InChI is InChI=1S/C36H51F2N9O2/c1-44-17-19-46(20-18-44)34(48)25-5-10-28(11-6-25)47-33-32(42-36(47)41-31-14-7-26(37)23-30(31)38)24-39-35(43-33)40-27-8-12-29(13-9-27)49-22-21-45-15-3-2-4-16-45/h7,14,23-25,27-29H,2-6,8-13,15-22H2,1H3,(H,41,42)(H,39,40,43)/t25?,27-,28?,29-. The number of likely N-dealkylation sites (tertiary alicyclic amines) is 1. The molecule has 1 aromatic carbocycles. The minimum Gasteiger partial charge on any atom is -0.377 e. The molecule has 2 aromatic heterocycles. The second-order valence-electron chi connectivity index (χ2n) is 14.5. The Morgan fingerprint density at radius 2 is 1.67 bits per heavy atom. The first-order valence-electron chi connectivity index (χ1n) is 18.4. The Labute approximate surface area is 287 Å². The first kappa shape index (κ1) is 34.0. The Morgan fingerprint density at radius 3 is 2.41 bits per heavy atom. The molecule has 2 saturated carbocycles. The monoisotopic (exact) mass is 679 g/mol. The number of nitrogens with zero attached hydrogens (tertiary/aromatic N) is 7. The summed E-state index contributed by atoms with van der Waals surface area (Å²) < 4.78 is 36.8. The van der Waals surface area contributed by atoms with Crippen LogP contribution in [-0.2, 0) is 9.53 Å². The lowest BCUT2D eigenvalue weighted by Crippen LogP contribution is -2.49. The smallest absolute Gasteiger partial charge is 0.225 e. The van der Waals surface area contributed by atoms with Gasteiger partial charge in [0.15, 0.2) is 5.65 Å². The number of nitrogens with one attached hydrogen (secondary N) is 2. The van der Waals surface area contributed by atoms with Crippen molar-refractivity contribution < 1.29 is 18.3 Å². The van der Waals surface area contributed by atoms with E-state index >= 15 is 0 Å². The van der Waals surface area contributed by atoms with Crippen molar-refractivity contribution in [2.24, 2.45) is 5.92 Å². The second kappa shape index (κ2) is 15.6. The van der Waals surface area contributed by atoms with Crippen molar-refractivity contribution in [1.29, 1.82) is 0 Å². The lowest BCUT2D eigenvalue weighted by Gasteiger charge is -2.37. The largest absolute Gasteiger partial charge is 0.377 e. The molecule has 13 heteroatoms. The van der Waals surface area contributed by atoms with Crippen molar-refractivity contribution in [3.63, 3.8) is 0 Å². The van der Waals surface area contributed by atoms with E-state index in [1.165, 1.54) is 44.5 Å². The van der Waals surface area contributed by atoms with Crippen molar-refractivity contribution in [2.75, 3.05) is 70.1 Å². The molecule has 3 aromatic rings. The highest BCUT2D eigenvalue weighted by Crippen LogP contribution is 2.38. The number of halogens is 2. The maximum atomic E-state index is 14.8. The fourth-order valence-corrected chi connectivity index (χ4v) is 8.06. The number of likely N-dealkylation sites (N-methyl/N-ethyl adjacent to an activating group) is 1. The van der Waals surface area contributed by atoms with Gasteiger partial charge in [0, 0.05) is 56.8 Å². The molecule has 2 saturated heterocycles. The lowest BCUT2D eigenvalue weighted by atomic mass is 9.85. The number of hydrogen-bond acceptors (Lipinski definition) is 9. The quantitative estimate of drug-likeness (QED) is 0.284. The number of ether oxygens (including phenoxy) is 1. The number of amides is 1. The molecule has 0 bridgehead atoms. The zero-order chi connectivity index (χ0) is 33.7. The molecule has 11 nitrogen and oxygen atoms in total. The molecule has 7 rings (SSSR count). The highest BCUT2D eigenvalue weighted by Gasteiger charge is 2.33. The van der Waals surface area contributed by atoms with Crippen molar-refractivity contribution >= 4 is 34.7 Å². The molecule has 0 spiro atoms. The number of anilines is 3. The van der Waals surface area contributed by atoms with Crippen LogP contribution in [0.5, 0.6) is 0 Å². The van der Waals surface area contributed by atoms with E-state index < -0.39 is 11.6 Å². The van der Waals surface area contributed by atoms with Gasteiger partial charge in [-0.05, 0) is 96.5 Å². The third-order valence-electron chi connectivity index (χ3n) is 11.1. The molecule has 0 radical (unpaired) electrons. The van der Waals surface area contributed by atoms with E-state index in [0.717, 1.165) is 96.8 Å². The number of imidazole rings is 1. The van der Waals surface area contributed by atoms with E-state index in [-0.39, 0.29) is 29.6 Å². The molecule has 2 aliphatic carbocycles. The van der Waals surface area contributed by atoms with E-state index in [4.69, 9.17) is 14.7 Å². The van der Waals surface area contributed by atoms with Crippen molar-refractivity contribution in [2.45, 2.75) is 88.8 Å². The maximum absolute atomic E-state index is 14.8. The Morgan fingerprint density at radius 1 is 0.918 bits per heavy atom. The summed E-state index contributed by atoms with van der Waals surface area (Å²) in [7, 11) is 2.09. The number of carbonyl (C=O) groups is 1. The van der Waals surface area contributed by atoms with Gasteiger partial charge >= 0.3 is 0 Å². The summed E-state index contributed by atoms with van der Waals surface area (Å²) in [6.07, 6.45) is 13.0. The number of benzene rings is 1. The van der Waals surface area contributed by atoms with Gasteiger partial charge in [-0.3, -0.25) is 9.36 Å². The highest BCUT2D eigenvalue weighted by molar-refractivity contribution is 5.79. The van der Waals surface area contributed by atoms with Gasteiger partial charge in [0.2, 0.25) is 17.8 Å². The first-order valence-corrected chi connectivity index (χ1v) is 18.4. The van der Waals surface area contributed by atoms with Gasteiger partial charge in [0.1, 0.15) is 17.2 Å². The van der Waals surface area contributed by atoms with Crippen LogP contribution in [0.25, 0.3) is 11.2 Å². The molecule has 1 amide bonds. The molecule has 4 aliphatic rings. The molecule has 4 heterocycles. The molecule has 0 atom stereocenters. The summed E-state index contributed by atoms with van der Waals surface area (Å²) in [5.41, 5.74) is 1.39. The maximum Gasteiger partial charge on any atom is 0.225 e. The zero-order valence-electron chi connectivity index (χ0n) is 28.8. The average molecular weight is 680 g/mol. The third kappa shape index (κ3) is 8.32. The molecule has 4 fully saturated rings. The van der Waals surface area contributed by atoms with Gasteiger partial charge in [-0.2, -0.15) is 4.98 Å². The summed E-state index contributed by atoms with van der Waals surface area (Å²) in [6.45, 7) is 7.58. The van der Waals surface area contributed by atoms with Gasteiger partial charge in [-0.1, -0.05) is 6.42 Å². The number of piperidine rings is 1. The van der Waals surface area contributed by atoms with Crippen LogP contribution in [0, 0.1) is 17.6 Å². The summed E-state index contributed by atoms with van der Waals surface area (Å²) in [5.74, 6) is -0.107. The van der Waals surface area contributed by atoms with Crippen LogP contribution in [0.3, 0.4) is 0 Å². The minimum atomic E-state index is -0.695. The van der Waals surface area contributed by atoms with Crippen molar-refractivity contribution in [3.05, 3.63) is 36.0 Å². The number of rotatable bonds is 10. The molecule has 0 unspecified atom stereocenters. The van der Waals surface area contributed by atoms with Crippen LogP contribution < -0.4 is 10.6 Å². The van der Waals surface area contributed by atoms with Crippen LogP contribution in [0.1, 0.15) is 76.7 Å². The topological polar surface area (TPSA) is 104 Å². The van der Waals surface area contributed by atoms with Crippen LogP contribution in [-0.4, -0.2) is 112 Å². The SMILES string of the molecule is CN1CCN(C(=O)C2CCC(n3c(Nc4ccc(F)cc4F)nc4cnc(N[C@H]5CC[C@H](OCCN6CCCCC6)CC5)nc43)CC2)CC1. The highest BCUT2D eigenvalue weighted by atomic mass is 19.1. The van der Waals surface area contributed by atoms with Gasteiger partial charge in [0.25, 0.3) is 0 Å². The lowest BCUT2D eigenvalue weighted by molar-refractivity contribution is -0.138. The molecule has 2 N–H and O–H groups in total. The third-order valence-corrected chi connectivity index (χ3v) is 11.1. The van der Waals surface area contributed by atoms with Crippen LogP contribution in [0.15, 0.2) is 24.4 Å². The molecule has 266 valence electrons. The molecular formula is C36H51F2N9O2. The Kier molecular flexibility index (Phi) is 10.9. The zero-order valence-corrected chi connectivity index (χ0v) is 28.8. The average Bonchev–Trinajstić information content (AvgIpc) is 3.48. The number of aromatic nitrogens is 4. The number of carbonyl (C=O) groups excluding carboxylic acids is 1. The predicted molar refractivity (Wildman–Crippen MR) is 186 cm³/mol. The van der Waals surface area contributed by atoms with Gasteiger partial charge in [-0.15, -0.1) is 0 Å². The number of hydrogen-bond donors (Lipinski definition) is 2. The van der Waals surface area contributed by atoms with Crippen molar-refractivity contribution in [3.8, 4) is 0 Å². The van der Waals surface area contributed by atoms with E-state index in [1.54, 1.807) is 6.20 Å². The Bertz CT molecular complexity index is 1560. The predicted octanol–water partition coefficient (Wildman–Crippen LogP) is 5.58. The second-order valence-corrected chi connectivity index (χ2v) is 14.5. The number of piperazine rings is 1. The van der Waals surface area contributed by atoms with E-state index in [9.17, 15) is 13.6 Å². The van der Waals surface area contributed by atoms with Crippen LogP contribution in [0.4, 0.5) is 26.4 Å². The normalized spacial score (nSPS) is 25.8. The Balaban J connectivity index is 1.03. The summed E-state index contributed by atoms with van der Waals surface area (Å²) >= 11 is 0. The fraction of sp³-hybridized carbons (Fsp3) is 0.667. The summed E-state index contributed by atoms with van der Waals surface area (Å²) in [5, 5.41) is 6.68. The van der Waals surface area contributed by atoms with Gasteiger partial charge < -0.3 is 30.1 Å². The van der Waals surface area contributed by atoms with E-state index in [2.05, 4.69) is 32.5 Å².